The van der Waals surface area contributed by atoms with E-state index in [1.165, 1.54) is 0 Å². The van der Waals surface area contributed by atoms with E-state index in [1.54, 1.807) is 25.1 Å². The van der Waals surface area contributed by atoms with Gasteiger partial charge in [0, 0.05) is 10.0 Å². The topological polar surface area (TPSA) is 55.4 Å². The first kappa shape index (κ1) is 16.1. The van der Waals surface area contributed by atoms with Gasteiger partial charge in [-0.15, -0.1) is 0 Å². The minimum absolute atomic E-state index is 0.0269. The van der Waals surface area contributed by atoms with E-state index < -0.39 is 0 Å². The Morgan fingerprint density at radius 2 is 2.10 bits per heavy atom. The zero-order chi connectivity index (χ0) is 15.4. The largest absolute Gasteiger partial charge is 0.455 e. The van der Waals surface area contributed by atoms with Gasteiger partial charge in [-0.1, -0.05) is 35.7 Å². The molecule has 0 unspecified atom stereocenters. The third-order valence-electron chi connectivity index (χ3n) is 3.59. The van der Waals surface area contributed by atoms with Gasteiger partial charge >= 0.3 is 5.97 Å². The molecule has 0 aliphatic heterocycles. The predicted molar refractivity (Wildman–Crippen MR) is 81.3 cm³/mol. The Morgan fingerprint density at radius 1 is 1.38 bits per heavy atom. The maximum absolute atomic E-state index is 11.8. The molecule has 1 aliphatic carbocycles. The molecular weight excluding hydrogens is 313 g/mol. The molecule has 114 valence electrons. The van der Waals surface area contributed by atoms with Gasteiger partial charge in [0.15, 0.2) is 6.61 Å². The van der Waals surface area contributed by atoms with Crippen LogP contribution in [0.2, 0.25) is 10.0 Å². The lowest BCUT2D eigenvalue weighted by atomic mass is 9.86. The standard InChI is InChI=1S/C15H17Cl2NO3/c1-9(12-6-5-11(16)7-13(12)17)18-14(19)8-21-15(20)10-3-2-4-10/h5-7,9-10H,2-4,8H2,1H3,(H,18,19)/t9-/m0/s1. The van der Waals surface area contributed by atoms with Crippen molar-refractivity contribution in [2.75, 3.05) is 6.61 Å². The van der Waals surface area contributed by atoms with Crippen LogP contribution in [0.5, 0.6) is 0 Å². The molecule has 0 aromatic heterocycles. The highest BCUT2D eigenvalue weighted by molar-refractivity contribution is 6.35. The van der Waals surface area contributed by atoms with Crippen molar-refractivity contribution >= 4 is 35.1 Å². The van der Waals surface area contributed by atoms with Crippen molar-refractivity contribution in [2.24, 2.45) is 5.92 Å². The number of carbonyl (C=O) groups excluding carboxylic acids is 2. The lowest BCUT2D eigenvalue weighted by Gasteiger charge is -2.23. The summed E-state index contributed by atoms with van der Waals surface area (Å²) in [6.45, 7) is 1.55. The van der Waals surface area contributed by atoms with Crippen LogP contribution in [-0.2, 0) is 14.3 Å². The molecule has 0 bridgehead atoms. The number of esters is 1. The second-order valence-corrected chi connectivity index (χ2v) is 6.03. The van der Waals surface area contributed by atoms with E-state index in [2.05, 4.69) is 5.32 Å². The normalized spacial score (nSPS) is 16.0. The summed E-state index contributed by atoms with van der Waals surface area (Å²) >= 11 is 11.9. The Labute approximate surface area is 133 Å². The Hall–Kier alpha value is -1.26. The van der Waals surface area contributed by atoms with Crippen LogP contribution < -0.4 is 5.32 Å². The van der Waals surface area contributed by atoms with E-state index in [0.29, 0.717) is 10.0 Å². The van der Waals surface area contributed by atoms with Crippen molar-refractivity contribution in [2.45, 2.75) is 32.2 Å². The number of carbonyl (C=O) groups is 2. The lowest BCUT2D eigenvalue weighted by molar-refractivity contribution is -0.155. The molecule has 1 fully saturated rings. The van der Waals surface area contributed by atoms with Crippen LogP contribution >= 0.6 is 23.2 Å². The van der Waals surface area contributed by atoms with E-state index in [-0.39, 0.29) is 30.4 Å². The van der Waals surface area contributed by atoms with Crippen molar-refractivity contribution in [3.63, 3.8) is 0 Å². The Kier molecular flexibility index (Phi) is 5.48. The maximum Gasteiger partial charge on any atom is 0.309 e. The lowest BCUT2D eigenvalue weighted by Crippen LogP contribution is -2.33. The van der Waals surface area contributed by atoms with Gasteiger partial charge in [-0.05, 0) is 37.5 Å². The molecule has 0 radical (unpaired) electrons. The van der Waals surface area contributed by atoms with Crippen LogP contribution in [0.15, 0.2) is 18.2 Å². The molecule has 1 N–H and O–H groups in total. The van der Waals surface area contributed by atoms with Gasteiger partial charge in [-0.2, -0.15) is 0 Å². The fraction of sp³-hybridized carbons (Fsp3) is 0.467. The van der Waals surface area contributed by atoms with E-state index in [4.69, 9.17) is 27.9 Å². The monoisotopic (exact) mass is 329 g/mol. The number of rotatable bonds is 5. The molecule has 0 spiro atoms. The average Bonchev–Trinajstić information content (AvgIpc) is 2.34. The van der Waals surface area contributed by atoms with Crippen molar-refractivity contribution in [3.05, 3.63) is 33.8 Å². The minimum atomic E-state index is -0.346. The number of amides is 1. The van der Waals surface area contributed by atoms with Crippen molar-refractivity contribution in [3.8, 4) is 0 Å². The van der Waals surface area contributed by atoms with Crippen LogP contribution in [-0.4, -0.2) is 18.5 Å². The highest BCUT2D eigenvalue weighted by atomic mass is 35.5. The van der Waals surface area contributed by atoms with Gasteiger partial charge in [-0.3, -0.25) is 9.59 Å². The third-order valence-corrected chi connectivity index (χ3v) is 4.15. The summed E-state index contributed by atoms with van der Waals surface area (Å²) in [5.41, 5.74) is 0.764. The molecule has 21 heavy (non-hydrogen) atoms. The third kappa shape index (κ3) is 4.35. The quantitative estimate of drug-likeness (QED) is 0.841. The van der Waals surface area contributed by atoms with Gasteiger partial charge in [-0.25, -0.2) is 0 Å². The second-order valence-electron chi connectivity index (χ2n) is 5.19. The summed E-state index contributed by atoms with van der Waals surface area (Å²) in [6.07, 6.45) is 2.77. The fourth-order valence-corrected chi connectivity index (χ4v) is 2.68. The van der Waals surface area contributed by atoms with Crippen molar-refractivity contribution < 1.29 is 14.3 Å². The molecule has 1 saturated carbocycles. The average molecular weight is 330 g/mol. The van der Waals surface area contributed by atoms with E-state index in [0.717, 1.165) is 24.8 Å². The Morgan fingerprint density at radius 3 is 2.67 bits per heavy atom. The number of hydrogen-bond acceptors (Lipinski definition) is 3. The van der Waals surface area contributed by atoms with Gasteiger partial charge < -0.3 is 10.1 Å². The van der Waals surface area contributed by atoms with Gasteiger partial charge in [0.25, 0.3) is 5.91 Å². The molecule has 0 saturated heterocycles. The first-order valence-corrected chi connectivity index (χ1v) is 7.64. The van der Waals surface area contributed by atoms with E-state index in [9.17, 15) is 9.59 Å². The first-order valence-electron chi connectivity index (χ1n) is 6.88. The molecule has 1 aromatic carbocycles. The summed E-state index contributed by atoms with van der Waals surface area (Å²) < 4.78 is 4.99. The smallest absolute Gasteiger partial charge is 0.309 e. The summed E-state index contributed by atoms with van der Waals surface area (Å²) in [5.74, 6) is -0.657. The summed E-state index contributed by atoms with van der Waals surface area (Å²) in [7, 11) is 0. The maximum atomic E-state index is 11.8. The van der Waals surface area contributed by atoms with Crippen LogP contribution in [0, 0.1) is 5.92 Å². The summed E-state index contributed by atoms with van der Waals surface area (Å²) in [5, 5.41) is 3.77. The van der Waals surface area contributed by atoms with Crippen LogP contribution in [0.4, 0.5) is 0 Å². The van der Waals surface area contributed by atoms with Gasteiger partial charge in [0.2, 0.25) is 0 Å². The van der Waals surface area contributed by atoms with Crippen LogP contribution in [0.1, 0.15) is 37.8 Å². The van der Waals surface area contributed by atoms with Gasteiger partial charge in [0.1, 0.15) is 0 Å². The molecule has 1 amide bonds. The summed E-state index contributed by atoms with van der Waals surface area (Å²) in [4.78, 5) is 23.3. The van der Waals surface area contributed by atoms with Crippen LogP contribution in [0.3, 0.4) is 0 Å². The Balaban J connectivity index is 1.82. The highest BCUT2D eigenvalue weighted by Crippen LogP contribution is 2.27. The number of ether oxygens (including phenoxy) is 1. The number of nitrogens with one attached hydrogen (secondary N) is 1. The molecule has 2 rings (SSSR count). The van der Waals surface area contributed by atoms with Gasteiger partial charge in [0.05, 0.1) is 12.0 Å². The number of hydrogen-bond donors (Lipinski definition) is 1. The SMILES string of the molecule is C[C@H](NC(=O)COC(=O)C1CCC1)c1ccc(Cl)cc1Cl. The van der Waals surface area contributed by atoms with E-state index in [1.807, 2.05) is 0 Å². The first-order chi connectivity index (χ1) is 9.97. The molecule has 0 heterocycles. The second kappa shape index (κ2) is 7.14. The van der Waals surface area contributed by atoms with Crippen molar-refractivity contribution in [1.29, 1.82) is 0 Å². The fourth-order valence-electron chi connectivity index (χ4n) is 2.11. The zero-order valence-corrected chi connectivity index (χ0v) is 13.2. The molecule has 4 nitrogen and oxygen atoms in total. The van der Waals surface area contributed by atoms with Crippen molar-refractivity contribution in [1.82, 2.24) is 5.32 Å². The molecule has 1 atom stereocenters. The Bertz CT molecular complexity index is 544. The molecule has 1 aliphatic rings. The number of halogens is 2. The zero-order valence-electron chi connectivity index (χ0n) is 11.7. The number of benzene rings is 1. The van der Waals surface area contributed by atoms with Crippen LogP contribution in [0.25, 0.3) is 0 Å². The molecular formula is C15H17Cl2NO3. The predicted octanol–water partition coefficient (Wildman–Crippen LogP) is 3.51. The highest BCUT2D eigenvalue weighted by Gasteiger charge is 2.27. The molecule has 1 aromatic rings. The minimum Gasteiger partial charge on any atom is -0.455 e. The molecule has 6 heteroatoms. The summed E-state index contributed by atoms with van der Waals surface area (Å²) in [6, 6.07) is 4.81. The van der Waals surface area contributed by atoms with E-state index >= 15 is 0 Å².